The first-order valence-corrected chi connectivity index (χ1v) is 6.49. The van der Waals surface area contributed by atoms with E-state index in [1.165, 1.54) is 17.6 Å². The summed E-state index contributed by atoms with van der Waals surface area (Å²) >= 11 is 0. The van der Waals surface area contributed by atoms with Gasteiger partial charge in [-0.05, 0) is 55.6 Å². The molecule has 1 atom stereocenters. The van der Waals surface area contributed by atoms with Gasteiger partial charge in [0.2, 0.25) is 0 Å². The Morgan fingerprint density at radius 2 is 2.06 bits per heavy atom. The Morgan fingerprint density at radius 3 is 2.88 bits per heavy atom. The van der Waals surface area contributed by atoms with E-state index in [0.29, 0.717) is 11.7 Å². The highest BCUT2D eigenvalue weighted by molar-refractivity contribution is 6.00. The van der Waals surface area contributed by atoms with Gasteiger partial charge in [-0.3, -0.25) is 4.79 Å². The molecule has 3 aliphatic carbocycles. The number of carbonyl (C=O) groups excluding carboxylic acids is 1. The number of allylic oxidation sites excluding steroid dienone is 4. The third-order valence-electron chi connectivity index (χ3n) is 3.54. The average molecular weight is 216 g/mol. The minimum Gasteiger partial charge on any atom is -0.295 e. The molecular weight excluding hydrogens is 196 g/mol. The third kappa shape index (κ3) is 1.88. The van der Waals surface area contributed by atoms with Crippen molar-refractivity contribution in [1.29, 1.82) is 0 Å². The number of hydrogen-bond acceptors (Lipinski definition) is 1. The van der Waals surface area contributed by atoms with E-state index in [4.69, 9.17) is 0 Å². The van der Waals surface area contributed by atoms with Crippen molar-refractivity contribution in [3.8, 4) is 0 Å². The number of rotatable bonds is 0. The van der Waals surface area contributed by atoms with Gasteiger partial charge >= 0.3 is 0 Å². The highest BCUT2D eigenvalue weighted by atomic mass is 16.1. The van der Waals surface area contributed by atoms with E-state index >= 15 is 0 Å². The summed E-state index contributed by atoms with van der Waals surface area (Å²) in [5.41, 5.74) is 3.89. The van der Waals surface area contributed by atoms with Gasteiger partial charge in [-0.2, -0.15) is 0 Å². The van der Waals surface area contributed by atoms with Gasteiger partial charge in [0.25, 0.3) is 0 Å². The molecule has 1 nitrogen and oxygen atoms in total. The van der Waals surface area contributed by atoms with E-state index < -0.39 is 0 Å². The van der Waals surface area contributed by atoms with Gasteiger partial charge in [0.15, 0.2) is 5.78 Å². The first kappa shape index (κ1) is 11.6. The van der Waals surface area contributed by atoms with Crippen molar-refractivity contribution in [2.45, 2.75) is 46.0 Å². The Bertz CT molecular complexity index is 346. The topological polar surface area (TPSA) is 17.1 Å². The number of ketones is 1. The maximum absolute atomic E-state index is 11.7. The molecule has 0 aromatic heterocycles. The van der Waals surface area contributed by atoms with Crippen molar-refractivity contribution in [2.75, 3.05) is 0 Å². The van der Waals surface area contributed by atoms with Gasteiger partial charge in [-0.1, -0.05) is 19.9 Å². The van der Waals surface area contributed by atoms with Gasteiger partial charge in [-0.15, -0.1) is 0 Å². The molecule has 0 amide bonds. The molecule has 0 saturated carbocycles. The van der Waals surface area contributed by atoms with Gasteiger partial charge < -0.3 is 0 Å². The predicted octanol–water partition coefficient (Wildman–Crippen LogP) is 3.82. The maximum atomic E-state index is 11.7. The van der Waals surface area contributed by atoms with Crippen LogP contribution in [0.2, 0.25) is 0 Å². The molecule has 0 saturated heterocycles. The minimum atomic E-state index is 0.372. The van der Waals surface area contributed by atoms with Crippen LogP contribution < -0.4 is 0 Å². The second-order valence-electron chi connectivity index (χ2n) is 4.34. The van der Waals surface area contributed by atoms with Crippen LogP contribution in [-0.2, 0) is 4.79 Å². The second kappa shape index (κ2) is 4.99. The maximum Gasteiger partial charge on any atom is 0.159 e. The van der Waals surface area contributed by atoms with E-state index in [1.54, 1.807) is 0 Å². The quantitative estimate of drug-likeness (QED) is 0.601. The summed E-state index contributed by atoms with van der Waals surface area (Å²) in [6, 6.07) is 0. The van der Waals surface area contributed by atoms with Gasteiger partial charge in [-0.25, -0.2) is 0 Å². The molecule has 0 bridgehead atoms. The molecule has 0 spiro atoms. The molecular formula is C15H20O. The fraction of sp³-hybridized carbons (Fsp3) is 0.533. The number of Topliss-reactive ketones (excluding diaryl/α,β-unsaturated/α-hetero) is 1. The Morgan fingerprint density at radius 1 is 1.25 bits per heavy atom. The largest absolute Gasteiger partial charge is 0.295 e. The average Bonchev–Trinajstić information content (AvgIpc) is 2.37. The highest BCUT2D eigenvalue weighted by Crippen LogP contribution is 2.44. The third-order valence-corrected chi connectivity index (χ3v) is 3.54. The van der Waals surface area contributed by atoms with E-state index in [1.807, 2.05) is 13.8 Å². The molecule has 86 valence electrons. The van der Waals surface area contributed by atoms with Crippen LogP contribution in [0.1, 0.15) is 46.0 Å². The Balaban J connectivity index is 0.000000457. The zero-order valence-electron chi connectivity index (χ0n) is 10.3. The molecule has 0 N–H and O–H groups in total. The molecule has 0 aromatic carbocycles. The molecule has 1 unspecified atom stereocenters. The fourth-order valence-corrected chi connectivity index (χ4v) is 2.88. The summed E-state index contributed by atoms with van der Waals surface area (Å²) in [6.07, 6.45) is 11.9. The minimum absolute atomic E-state index is 0.372. The molecule has 0 aliphatic heterocycles. The summed E-state index contributed by atoms with van der Waals surface area (Å²) in [6.45, 7) is 4.00. The molecule has 2 radical (unpaired) electrons. The van der Waals surface area contributed by atoms with Crippen LogP contribution in [0.4, 0.5) is 0 Å². The van der Waals surface area contributed by atoms with Gasteiger partial charge in [0.1, 0.15) is 0 Å². The van der Waals surface area contributed by atoms with Crippen LogP contribution in [0.3, 0.4) is 0 Å². The molecule has 1 heteroatoms. The number of carbonyl (C=O) groups is 1. The predicted molar refractivity (Wildman–Crippen MR) is 66.6 cm³/mol. The lowest BCUT2D eigenvalue weighted by molar-refractivity contribution is -0.115. The Labute approximate surface area is 98.6 Å². The molecule has 3 rings (SSSR count). The van der Waals surface area contributed by atoms with Crippen molar-refractivity contribution >= 4 is 5.78 Å². The molecule has 0 heterocycles. The Kier molecular flexibility index (Phi) is 3.63. The SMILES string of the molecule is CC.O=C1CCC2=CC[CH]C3CC[CH]C1=C23. The summed E-state index contributed by atoms with van der Waals surface area (Å²) in [5.74, 6) is 0.955. The monoisotopic (exact) mass is 216 g/mol. The van der Waals surface area contributed by atoms with E-state index in [0.717, 1.165) is 31.3 Å². The van der Waals surface area contributed by atoms with Crippen LogP contribution in [0.5, 0.6) is 0 Å². The molecule has 0 fully saturated rings. The van der Waals surface area contributed by atoms with Crippen molar-refractivity contribution < 1.29 is 4.79 Å². The van der Waals surface area contributed by atoms with Crippen LogP contribution in [0, 0.1) is 18.8 Å². The zero-order chi connectivity index (χ0) is 11.5. The lowest BCUT2D eigenvalue weighted by Gasteiger charge is -2.35. The first-order chi connectivity index (χ1) is 7.86. The highest BCUT2D eigenvalue weighted by Gasteiger charge is 2.33. The second-order valence-corrected chi connectivity index (χ2v) is 4.34. The van der Waals surface area contributed by atoms with Crippen LogP contribution in [-0.4, -0.2) is 5.78 Å². The van der Waals surface area contributed by atoms with Gasteiger partial charge in [0.05, 0.1) is 0 Å². The van der Waals surface area contributed by atoms with Crippen molar-refractivity contribution in [1.82, 2.24) is 0 Å². The van der Waals surface area contributed by atoms with E-state index in [2.05, 4.69) is 18.9 Å². The normalized spacial score (nSPS) is 27.8. The van der Waals surface area contributed by atoms with E-state index in [-0.39, 0.29) is 0 Å². The first-order valence-electron chi connectivity index (χ1n) is 6.49. The van der Waals surface area contributed by atoms with Crippen molar-refractivity contribution in [3.05, 3.63) is 35.6 Å². The van der Waals surface area contributed by atoms with E-state index in [9.17, 15) is 4.79 Å². The van der Waals surface area contributed by atoms with Crippen molar-refractivity contribution in [2.24, 2.45) is 5.92 Å². The van der Waals surface area contributed by atoms with Gasteiger partial charge in [0, 0.05) is 12.0 Å². The fourth-order valence-electron chi connectivity index (χ4n) is 2.88. The summed E-state index contributed by atoms with van der Waals surface area (Å²) < 4.78 is 0. The zero-order valence-corrected chi connectivity index (χ0v) is 10.3. The summed E-state index contributed by atoms with van der Waals surface area (Å²) in [7, 11) is 0. The van der Waals surface area contributed by atoms with Crippen LogP contribution in [0.15, 0.2) is 22.8 Å². The smallest absolute Gasteiger partial charge is 0.159 e. The van der Waals surface area contributed by atoms with Crippen LogP contribution in [0.25, 0.3) is 0 Å². The molecule has 0 aromatic rings. The summed E-state index contributed by atoms with van der Waals surface area (Å²) in [4.78, 5) is 11.7. The standard InChI is InChI=1S/C13H14O.C2H6/c14-12-8-7-10-4-1-3-9-5-2-6-11(12)13(9)10;1-2/h3-4,6,9H,1-2,5,7-8H2;1-2H3. The summed E-state index contributed by atoms with van der Waals surface area (Å²) in [5, 5.41) is 0. The number of hydrogen-bond donors (Lipinski definition) is 0. The lowest BCUT2D eigenvalue weighted by Crippen LogP contribution is -2.25. The Hall–Kier alpha value is -0.850. The molecule has 3 aliphatic rings. The lowest BCUT2D eigenvalue weighted by atomic mass is 9.69. The van der Waals surface area contributed by atoms with Crippen LogP contribution >= 0.6 is 0 Å². The van der Waals surface area contributed by atoms with Crippen molar-refractivity contribution in [3.63, 3.8) is 0 Å². The molecule has 16 heavy (non-hydrogen) atoms.